The Labute approximate surface area is 183 Å². The highest BCUT2D eigenvalue weighted by Crippen LogP contribution is 2.42. The second kappa shape index (κ2) is 8.87. The first-order chi connectivity index (χ1) is 13.7. The Kier molecular flexibility index (Phi) is 6.68. The molecule has 2 aromatic rings. The van der Waals surface area contributed by atoms with Gasteiger partial charge in [-0.3, -0.25) is 5.21 Å². The van der Waals surface area contributed by atoms with Crippen molar-refractivity contribution in [2.24, 2.45) is 0 Å². The van der Waals surface area contributed by atoms with Gasteiger partial charge in [-0.15, -0.1) is 0 Å². The first-order valence-corrected chi connectivity index (χ1v) is 10.6. The number of rotatable bonds is 5. The predicted octanol–water partition coefficient (Wildman–Crippen LogP) is 5.38. The van der Waals surface area contributed by atoms with Crippen molar-refractivity contribution in [1.82, 2.24) is 9.96 Å². The zero-order chi connectivity index (χ0) is 21.2. The van der Waals surface area contributed by atoms with Crippen molar-refractivity contribution >= 4 is 51.6 Å². The molecule has 1 aliphatic rings. The summed E-state index contributed by atoms with van der Waals surface area (Å²) in [4.78, 5) is 14.4. The number of thioether (sulfide) groups is 1. The van der Waals surface area contributed by atoms with Crippen molar-refractivity contribution in [2.45, 2.75) is 31.2 Å². The van der Waals surface area contributed by atoms with Crippen molar-refractivity contribution in [3.63, 3.8) is 0 Å². The van der Waals surface area contributed by atoms with Gasteiger partial charge in [0.25, 0.3) is 0 Å². The van der Waals surface area contributed by atoms with Crippen LogP contribution in [0.5, 0.6) is 0 Å². The van der Waals surface area contributed by atoms with E-state index >= 15 is 0 Å². The fourth-order valence-corrected chi connectivity index (χ4v) is 5.37. The van der Waals surface area contributed by atoms with Crippen LogP contribution in [0.4, 0.5) is 14.9 Å². The minimum atomic E-state index is -0.717. The Morgan fingerprint density at radius 1 is 1.34 bits per heavy atom. The maximum Gasteiger partial charge on any atom is 0.347 e. The van der Waals surface area contributed by atoms with Gasteiger partial charge >= 0.3 is 6.03 Å². The maximum atomic E-state index is 14.0. The Morgan fingerprint density at radius 2 is 2.07 bits per heavy atom. The Morgan fingerprint density at radius 3 is 2.76 bits per heavy atom. The van der Waals surface area contributed by atoms with Crippen molar-refractivity contribution in [3.8, 4) is 0 Å². The van der Waals surface area contributed by atoms with Crippen molar-refractivity contribution in [3.05, 3.63) is 64.9 Å². The van der Waals surface area contributed by atoms with Crippen LogP contribution in [0.25, 0.3) is 0 Å². The van der Waals surface area contributed by atoms with Gasteiger partial charge < -0.3 is 10.2 Å². The summed E-state index contributed by atoms with van der Waals surface area (Å²) in [6, 6.07) is 12.5. The van der Waals surface area contributed by atoms with Crippen LogP contribution in [-0.4, -0.2) is 43.0 Å². The van der Waals surface area contributed by atoms with E-state index in [4.69, 9.17) is 23.8 Å². The number of hydrogen-bond donors (Lipinski definition) is 2. The number of amides is 2. The summed E-state index contributed by atoms with van der Waals surface area (Å²) >= 11 is 12.8. The molecule has 5 nitrogen and oxygen atoms in total. The Balaban J connectivity index is 1.76. The lowest BCUT2D eigenvalue weighted by molar-refractivity contribution is -0.114. The number of halogens is 2. The van der Waals surface area contributed by atoms with Crippen LogP contribution in [0.2, 0.25) is 5.02 Å². The van der Waals surface area contributed by atoms with Crippen LogP contribution < -0.4 is 5.32 Å². The van der Waals surface area contributed by atoms with Gasteiger partial charge in [-0.2, -0.15) is 5.06 Å². The normalized spacial score (nSPS) is 18.0. The topological polar surface area (TPSA) is 55.8 Å². The first-order valence-electron chi connectivity index (χ1n) is 8.97. The average Bonchev–Trinajstić information content (AvgIpc) is 2.88. The third kappa shape index (κ3) is 5.01. The van der Waals surface area contributed by atoms with Gasteiger partial charge in [0.15, 0.2) is 0 Å². The fraction of sp³-hybridized carbons (Fsp3) is 0.300. The third-order valence-corrected chi connectivity index (χ3v) is 6.46. The number of carbonyl (C=O) groups is 1. The van der Waals surface area contributed by atoms with E-state index in [1.54, 1.807) is 47.4 Å². The summed E-state index contributed by atoms with van der Waals surface area (Å²) in [7, 11) is 0. The summed E-state index contributed by atoms with van der Waals surface area (Å²) in [5, 5.41) is 14.5. The smallest absolute Gasteiger partial charge is 0.333 e. The summed E-state index contributed by atoms with van der Waals surface area (Å²) in [5.74, 6) is -0.291. The number of hydrogen-bond acceptors (Lipinski definition) is 4. The number of thiocarbonyl (C=S) groups is 1. The number of nitrogens with one attached hydrogen (secondary N) is 1. The molecule has 29 heavy (non-hydrogen) atoms. The van der Waals surface area contributed by atoms with E-state index < -0.39 is 16.9 Å². The molecule has 9 heteroatoms. The molecule has 2 aromatic carbocycles. The van der Waals surface area contributed by atoms with Gasteiger partial charge in [-0.25, -0.2) is 9.18 Å². The zero-order valence-electron chi connectivity index (χ0n) is 15.9. The van der Waals surface area contributed by atoms with E-state index in [0.29, 0.717) is 38.6 Å². The van der Waals surface area contributed by atoms with Crippen molar-refractivity contribution in [1.29, 1.82) is 0 Å². The maximum absolute atomic E-state index is 14.0. The largest absolute Gasteiger partial charge is 0.347 e. The number of hydroxylamine groups is 2. The molecule has 0 spiro atoms. The standard InChI is InChI=1S/C20H21ClFN3O2S2/c1-20(2)17(25(27)18(26)23-15-8-5-7-14(21)12-15)24(19(28)29-20)11-10-13-6-3-4-9-16(13)22/h3-9,12,17,27H,10-11H2,1-2H3,(H,23,26)/t17-/m1/s1. The lowest BCUT2D eigenvalue weighted by Gasteiger charge is -2.37. The highest BCUT2D eigenvalue weighted by atomic mass is 35.5. The molecule has 0 aromatic heterocycles. The summed E-state index contributed by atoms with van der Waals surface area (Å²) < 4.78 is 14.0. The SMILES string of the molecule is CC1(C)SC(=S)N(CCc2ccccc2F)[C@@H]1N(O)C(=O)Nc1cccc(Cl)c1. The molecule has 0 radical (unpaired) electrons. The number of urea groups is 1. The molecule has 0 aliphatic carbocycles. The molecular weight excluding hydrogens is 433 g/mol. The molecular formula is C20H21ClFN3O2S2. The quantitative estimate of drug-likeness (QED) is 0.361. The lowest BCUT2D eigenvalue weighted by atomic mass is 10.1. The van der Waals surface area contributed by atoms with E-state index in [1.807, 2.05) is 13.8 Å². The van der Waals surface area contributed by atoms with E-state index in [0.717, 1.165) is 0 Å². The zero-order valence-corrected chi connectivity index (χ0v) is 18.3. The molecule has 1 saturated heterocycles. The van der Waals surface area contributed by atoms with Crippen LogP contribution in [0.3, 0.4) is 0 Å². The Bertz CT molecular complexity index is 928. The highest BCUT2D eigenvalue weighted by molar-refractivity contribution is 8.24. The number of benzene rings is 2. The van der Waals surface area contributed by atoms with Crippen LogP contribution in [0, 0.1) is 5.82 Å². The van der Waals surface area contributed by atoms with Crippen molar-refractivity contribution < 1.29 is 14.4 Å². The van der Waals surface area contributed by atoms with Gasteiger partial charge in [0.05, 0.1) is 4.75 Å². The van der Waals surface area contributed by atoms with Gasteiger partial charge in [0, 0.05) is 17.3 Å². The van der Waals surface area contributed by atoms with Gasteiger partial charge in [0.1, 0.15) is 16.3 Å². The summed E-state index contributed by atoms with van der Waals surface area (Å²) in [6.45, 7) is 4.16. The minimum absolute atomic E-state index is 0.291. The number of nitrogens with zero attached hydrogens (tertiary/aromatic N) is 2. The summed E-state index contributed by atoms with van der Waals surface area (Å²) in [5.41, 5.74) is 1.02. The van der Waals surface area contributed by atoms with Gasteiger partial charge in [-0.1, -0.05) is 59.8 Å². The first kappa shape index (κ1) is 21.8. The molecule has 1 heterocycles. The van der Waals surface area contributed by atoms with E-state index in [2.05, 4.69) is 5.32 Å². The second-order valence-corrected chi connectivity index (χ2v) is 9.89. The fourth-order valence-electron chi connectivity index (χ4n) is 3.25. The van der Waals surface area contributed by atoms with Crippen molar-refractivity contribution in [2.75, 3.05) is 11.9 Å². The van der Waals surface area contributed by atoms with Gasteiger partial charge in [0.2, 0.25) is 0 Å². The number of anilines is 1. The monoisotopic (exact) mass is 453 g/mol. The van der Waals surface area contributed by atoms with Crippen LogP contribution in [0.1, 0.15) is 19.4 Å². The van der Waals surface area contributed by atoms with Crippen LogP contribution >= 0.6 is 35.6 Å². The highest BCUT2D eigenvalue weighted by Gasteiger charge is 2.49. The molecule has 2 N–H and O–H groups in total. The molecule has 1 atom stereocenters. The van der Waals surface area contributed by atoms with E-state index in [9.17, 15) is 14.4 Å². The molecule has 2 amide bonds. The van der Waals surface area contributed by atoms with Gasteiger partial charge in [-0.05, 0) is 50.1 Å². The molecule has 0 unspecified atom stereocenters. The predicted molar refractivity (Wildman–Crippen MR) is 119 cm³/mol. The third-order valence-electron chi connectivity index (χ3n) is 4.60. The Hall–Kier alpha value is -1.87. The summed E-state index contributed by atoms with van der Waals surface area (Å²) in [6.07, 6.45) is -0.324. The lowest BCUT2D eigenvalue weighted by Crippen LogP contribution is -2.55. The molecule has 3 rings (SSSR count). The van der Waals surface area contributed by atoms with E-state index in [-0.39, 0.29) is 5.82 Å². The van der Waals surface area contributed by atoms with Crippen LogP contribution in [0.15, 0.2) is 48.5 Å². The molecule has 0 saturated carbocycles. The second-order valence-electron chi connectivity index (χ2n) is 7.16. The number of carbonyl (C=O) groups excluding carboxylic acids is 1. The molecule has 1 aliphatic heterocycles. The van der Waals surface area contributed by atoms with E-state index in [1.165, 1.54) is 17.8 Å². The average molecular weight is 454 g/mol. The molecule has 154 valence electrons. The van der Waals surface area contributed by atoms with Crippen LogP contribution in [-0.2, 0) is 6.42 Å². The molecule has 0 bridgehead atoms. The molecule has 1 fully saturated rings. The minimum Gasteiger partial charge on any atom is -0.333 e.